The van der Waals surface area contributed by atoms with Crippen LogP contribution in [0.4, 0.5) is 5.69 Å². The molecule has 0 atom stereocenters. The molecule has 0 saturated heterocycles. The molecule has 1 aromatic carbocycles. The van der Waals surface area contributed by atoms with Gasteiger partial charge in [-0.2, -0.15) is 0 Å². The highest BCUT2D eigenvalue weighted by atomic mass is 16.6. The second-order valence-corrected chi connectivity index (χ2v) is 5.62. The minimum Gasteiger partial charge on any atom is -0.365 e. The number of nitrogens with zero attached hydrogens (tertiary/aromatic N) is 4. The Labute approximate surface area is 147 Å². The van der Waals surface area contributed by atoms with Crippen molar-refractivity contribution in [1.82, 2.24) is 14.1 Å². The van der Waals surface area contributed by atoms with Gasteiger partial charge in [-0.15, -0.1) is 0 Å². The third-order valence-electron chi connectivity index (χ3n) is 3.86. The van der Waals surface area contributed by atoms with Gasteiger partial charge in [0.1, 0.15) is 11.4 Å². The van der Waals surface area contributed by atoms with Crippen LogP contribution < -0.4 is 11.3 Å². The van der Waals surface area contributed by atoms with Gasteiger partial charge in [-0.25, -0.2) is 4.98 Å². The first-order valence-electron chi connectivity index (χ1n) is 7.68. The molecule has 0 fully saturated rings. The molecule has 0 aliphatic heterocycles. The molecule has 2 aromatic heterocycles. The normalized spacial score (nSPS) is 10.6. The van der Waals surface area contributed by atoms with Gasteiger partial charge in [0.2, 0.25) is 0 Å². The molecule has 3 rings (SSSR count). The van der Waals surface area contributed by atoms with Crippen molar-refractivity contribution in [2.24, 2.45) is 5.73 Å². The van der Waals surface area contributed by atoms with Crippen LogP contribution in [-0.4, -0.2) is 24.9 Å². The minimum atomic E-state index is -1.01. The van der Waals surface area contributed by atoms with E-state index >= 15 is 0 Å². The predicted octanol–water partition coefficient (Wildman–Crippen LogP) is 1.15. The Bertz CT molecular complexity index is 1020. The SMILES string of the molecule is NC(=O)c1cc([N+](=O)[O-])cn(Cc2nccn2Cc2ccccc2)c1=O. The highest BCUT2D eigenvalue weighted by molar-refractivity contribution is 5.92. The first-order valence-corrected chi connectivity index (χ1v) is 7.68. The third kappa shape index (κ3) is 3.51. The summed E-state index contributed by atoms with van der Waals surface area (Å²) in [5, 5.41) is 11.1. The number of nitro groups is 1. The zero-order chi connectivity index (χ0) is 18.7. The first-order chi connectivity index (χ1) is 12.5. The van der Waals surface area contributed by atoms with Crippen LogP contribution in [0.25, 0.3) is 0 Å². The molecule has 0 aliphatic rings. The summed E-state index contributed by atoms with van der Waals surface area (Å²) < 4.78 is 2.90. The highest BCUT2D eigenvalue weighted by Gasteiger charge is 2.18. The lowest BCUT2D eigenvalue weighted by molar-refractivity contribution is -0.385. The Morgan fingerprint density at radius 3 is 2.58 bits per heavy atom. The average molecular weight is 353 g/mol. The van der Waals surface area contributed by atoms with E-state index in [-0.39, 0.29) is 12.2 Å². The summed E-state index contributed by atoms with van der Waals surface area (Å²) in [5.41, 5.74) is 4.68. The molecule has 0 spiro atoms. The highest BCUT2D eigenvalue weighted by Crippen LogP contribution is 2.12. The van der Waals surface area contributed by atoms with E-state index in [2.05, 4.69) is 4.98 Å². The second-order valence-electron chi connectivity index (χ2n) is 5.62. The molecule has 9 heteroatoms. The number of rotatable bonds is 6. The van der Waals surface area contributed by atoms with Crippen LogP contribution in [-0.2, 0) is 13.1 Å². The van der Waals surface area contributed by atoms with E-state index in [1.54, 1.807) is 12.4 Å². The standard InChI is InChI=1S/C17H15N5O4/c18-16(23)14-8-13(22(25)26)10-21(17(14)24)11-15-19-6-7-20(15)9-12-4-2-1-3-5-12/h1-8,10H,9,11H2,(H2,18,23). The number of carbonyl (C=O) groups excluding carboxylic acids is 1. The van der Waals surface area contributed by atoms with Crippen LogP contribution in [0.3, 0.4) is 0 Å². The average Bonchev–Trinajstić information content (AvgIpc) is 3.04. The minimum absolute atomic E-state index is 0.0272. The predicted molar refractivity (Wildman–Crippen MR) is 92.7 cm³/mol. The summed E-state index contributed by atoms with van der Waals surface area (Å²) in [7, 11) is 0. The summed E-state index contributed by atoms with van der Waals surface area (Å²) in [5.74, 6) is -0.494. The van der Waals surface area contributed by atoms with Crippen molar-refractivity contribution in [1.29, 1.82) is 0 Å². The van der Waals surface area contributed by atoms with Crippen molar-refractivity contribution in [3.63, 3.8) is 0 Å². The monoisotopic (exact) mass is 353 g/mol. The molecule has 0 bridgehead atoms. The van der Waals surface area contributed by atoms with E-state index in [0.717, 1.165) is 22.4 Å². The summed E-state index contributed by atoms with van der Waals surface area (Å²) in [4.78, 5) is 38.4. The van der Waals surface area contributed by atoms with Gasteiger partial charge in [0, 0.05) is 25.0 Å². The van der Waals surface area contributed by atoms with Crippen molar-refractivity contribution in [3.05, 3.63) is 92.4 Å². The van der Waals surface area contributed by atoms with E-state index in [4.69, 9.17) is 5.73 Å². The molecule has 9 nitrogen and oxygen atoms in total. The third-order valence-corrected chi connectivity index (χ3v) is 3.86. The van der Waals surface area contributed by atoms with E-state index in [1.165, 1.54) is 0 Å². The number of hydrogen-bond acceptors (Lipinski definition) is 5. The van der Waals surface area contributed by atoms with Crippen LogP contribution in [0, 0.1) is 10.1 Å². The van der Waals surface area contributed by atoms with Crippen molar-refractivity contribution in [3.8, 4) is 0 Å². The van der Waals surface area contributed by atoms with E-state index < -0.39 is 22.0 Å². The first kappa shape index (κ1) is 17.1. The topological polar surface area (TPSA) is 126 Å². The smallest absolute Gasteiger partial charge is 0.286 e. The Morgan fingerprint density at radius 1 is 1.19 bits per heavy atom. The number of carbonyl (C=O) groups is 1. The molecular weight excluding hydrogens is 338 g/mol. The van der Waals surface area contributed by atoms with Crippen LogP contribution in [0.1, 0.15) is 21.7 Å². The molecule has 26 heavy (non-hydrogen) atoms. The maximum Gasteiger partial charge on any atom is 0.286 e. The van der Waals surface area contributed by atoms with Crippen molar-refractivity contribution in [2.45, 2.75) is 13.1 Å². The van der Waals surface area contributed by atoms with Gasteiger partial charge in [0.25, 0.3) is 17.2 Å². The van der Waals surface area contributed by atoms with E-state index in [0.29, 0.717) is 12.4 Å². The molecule has 0 aliphatic carbocycles. The molecule has 1 amide bonds. The summed E-state index contributed by atoms with van der Waals surface area (Å²) in [6, 6.07) is 10.5. The fraction of sp³-hybridized carbons (Fsp3) is 0.118. The van der Waals surface area contributed by atoms with Gasteiger partial charge in [0.15, 0.2) is 0 Å². The molecule has 132 valence electrons. The molecule has 3 aromatic rings. The van der Waals surface area contributed by atoms with E-state index in [9.17, 15) is 19.7 Å². The summed E-state index contributed by atoms with van der Waals surface area (Å²) >= 11 is 0. The summed E-state index contributed by atoms with van der Waals surface area (Å²) in [6.45, 7) is 0.503. The Hall–Kier alpha value is -3.75. The van der Waals surface area contributed by atoms with Crippen LogP contribution in [0.15, 0.2) is 59.8 Å². The van der Waals surface area contributed by atoms with Gasteiger partial charge in [0.05, 0.1) is 17.7 Å². The lowest BCUT2D eigenvalue weighted by Gasteiger charge is -2.10. The molecule has 0 unspecified atom stereocenters. The summed E-state index contributed by atoms with van der Waals surface area (Å²) in [6.07, 6.45) is 4.41. The Morgan fingerprint density at radius 2 is 1.92 bits per heavy atom. The maximum atomic E-state index is 12.4. The Balaban J connectivity index is 1.97. The second kappa shape index (κ2) is 7.01. The zero-order valence-corrected chi connectivity index (χ0v) is 13.6. The lowest BCUT2D eigenvalue weighted by Crippen LogP contribution is -2.30. The molecular formula is C17H15N5O4. The van der Waals surface area contributed by atoms with Gasteiger partial charge in [-0.05, 0) is 5.56 Å². The molecule has 2 N–H and O–H groups in total. The quantitative estimate of drug-likeness (QED) is 0.525. The lowest BCUT2D eigenvalue weighted by atomic mass is 10.2. The van der Waals surface area contributed by atoms with E-state index in [1.807, 2.05) is 34.9 Å². The maximum absolute atomic E-state index is 12.4. The number of hydrogen-bond donors (Lipinski definition) is 1. The van der Waals surface area contributed by atoms with Crippen molar-refractivity contribution >= 4 is 11.6 Å². The number of aromatic nitrogens is 3. The molecule has 2 heterocycles. The molecule has 0 radical (unpaired) electrons. The zero-order valence-electron chi connectivity index (χ0n) is 13.6. The number of primary amides is 1. The van der Waals surface area contributed by atoms with Gasteiger partial charge in [-0.1, -0.05) is 30.3 Å². The van der Waals surface area contributed by atoms with Gasteiger partial charge in [-0.3, -0.25) is 19.7 Å². The number of pyridine rings is 1. The van der Waals surface area contributed by atoms with Gasteiger partial charge < -0.3 is 14.9 Å². The number of nitrogens with two attached hydrogens (primary N) is 1. The van der Waals surface area contributed by atoms with Crippen molar-refractivity contribution in [2.75, 3.05) is 0 Å². The van der Waals surface area contributed by atoms with Crippen LogP contribution in [0.5, 0.6) is 0 Å². The number of imidazole rings is 1. The van der Waals surface area contributed by atoms with Crippen LogP contribution in [0.2, 0.25) is 0 Å². The van der Waals surface area contributed by atoms with Gasteiger partial charge >= 0.3 is 0 Å². The number of benzene rings is 1. The largest absolute Gasteiger partial charge is 0.365 e. The number of amides is 1. The fourth-order valence-electron chi connectivity index (χ4n) is 2.58. The molecule has 0 saturated carbocycles. The Kier molecular flexibility index (Phi) is 4.61. The van der Waals surface area contributed by atoms with Crippen LogP contribution >= 0.6 is 0 Å². The van der Waals surface area contributed by atoms with Crippen molar-refractivity contribution < 1.29 is 9.72 Å². The fourth-order valence-corrected chi connectivity index (χ4v) is 2.58.